The number of nitrogens with zero attached hydrogens (tertiary/aromatic N) is 4. The first-order valence-corrected chi connectivity index (χ1v) is 8.62. The summed E-state index contributed by atoms with van der Waals surface area (Å²) in [6, 6.07) is 3.90. The van der Waals surface area contributed by atoms with Crippen molar-refractivity contribution in [2.45, 2.75) is 32.5 Å². The van der Waals surface area contributed by atoms with Crippen LogP contribution in [0.25, 0.3) is 0 Å². The van der Waals surface area contributed by atoms with E-state index in [9.17, 15) is 10.2 Å². The Morgan fingerprint density at radius 1 is 1.31 bits per heavy atom. The Kier molecular flexibility index (Phi) is 4.40. The fourth-order valence-electron chi connectivity index (χ4n) is 3.60. The lowest BCUT2D eigenvalue weighted by atomic mass is 9.95. The molecule has 0 aromatic carbocycles. The normalized spacial score (nSPS) is 17.2. The standard InChI is InChI=1S/C19H21N5O2/c1-12-19(26)15(14(10-25)8-21-12)9-24-6-4-16-17(23-11-22-16)18(24)13-3-2-5-20-7-13/h2-3,5,7-8,11,18,25-26H,4,6,9-10H2,1H3,(H,22,23). The van der Waals surface area contributed by atoms with Crippen LogP contribution < -0.4 is 0 Å². The lowest BCUT2D eigenvalue weighted by Crippen LogP contribution is -2.36. The van der Waals surface area contributed by atoms with Crippen LogP contribution in [0.1, 0.15) is 39.8 Å². The molecule has 26 heavy (non-hydrogen) atoms. The highest BCUT2D eigenvalue weighted by molar-refractivity contribution is 5.41. The smallest absolute Gasteiger partial charge is 0.141 e. The van der Waals surface area contributed by atoms with Gasteiger partial charge < -0.3 is 15.2 Å². The van der Waals surface area contributed by atoms with Gasteiger partial charge in [0.1, 0.15) is 5.75 Å². The number of aryl methyl sites for hydroxylation is 1. The van der Waals surface area contributed by atoms with Crippen molar-refractivity contribution in [1.82, 2.24) is 24.8 Å². The number of aliphatic hydroxyl groups is 1. The third-order valence-corrected chi connectivity index (χ3v) is 4.99. The monoisotopic (exact) mass is 351 g/mol. The zero-order valence-corrected chi connectivity index (χ0v) is 14.6. The maximum absolute atomic E-state index is 10.5. The van der Waals surface area contributed by atoms with E-state index in [1.807, 2.05) is 18.3 Å². The van der Waals surface area contributed by atoms with Crippen molar-refractivity contribution >= 4 is 0 Å². The van der Waals surface area contributed by atoms with Crippen LogP contribution in [-0.4, -0.2) is 41.6 Å². The Hall–Kier alpha value is -2.77. The first-order chi connectivity index (χ1) is 12.7. The fourth-order valence-corrected chi connectivity index (χ4v) is 3.60. The first kappa shape index (κ1) is 16.7. The molecule has 0 saturated carbocycles. The number of aromatic amines is 1. The quantitative estimate of drug-likeness (QED) is 0.664. The van der Waals surface area contributed by atoms with Crippen molar-refractivity contribution in [2.75, 3.05) is 6.54 Å². The molecule has 0 aliphatic carbocycles. The van der Waals surface area contributed by atoms with Crippen molar-refractivity contribution in [3.05, 3.63) is 70.8 Å². The summed E-state index contributed by atoms with van der Waals surface area (Å²) in [6.07, 6.45) is 7.82. The van der Waals surface area contributed by atoms with Gasteiger partial charge in [0.25, 0.3) is 0 Å². The number of H-pyrrole nitrogens is 1. The van der Waals surface area contributed by atoms with Gasteiger partial charge in [0.05, 0.1) is 30.4 Å². The van der Waals surface area contributed by atoms with Gasteiger partial charge in [0.15, 0.2) is 0 Å². The largest absolute Gasteiger partial charge is 0.506 e. The average Bonchev–Trinajstić information content (AvgIpc) is 3.15. The lowest BCUT2D eigenvalue weighted by Gasteiger charge is -2.35. The van der Waals surface area contributed by atoms with Gasteiger partial charge in [0.2, 0.25) is 0 Å². The number of pyridine rings is 2. The van der Waals surface area contributed by atoms with E-state index >= 15 is 0 Å². The second-order valence-electron chi connectivity index (χ2n) is 6.53. The van der Waals surface area contributed by atoms with Crippen LogP contribution in [0.5, 0.6) is 5.75 Å². The molecule has 1 atom stereocenters. The Morgan fingerprint density at radius 3 is 2.96 bits per heavy atom. The van der Waals surface area contributed by atoms with E-state index in [4.69, 9.17) is 0 Å². The number of hydrogen-bond donors (Lipinski definition) is 3. The average molecular weight is 351 g/mol. The minimum absolute atomic E-state index is 0.0573. The molecule has 3 aromatic heterocycles. The fraction of sp³-hybridized carbons (Fsp3) is 0.316. The van der Waals surface area contributed by atoms with Crippen LogP contribution in [-0.2, 0) is 19.6 Å². The number of imidazole rings is 1. The van der Waals surface area contributed by atoms with Crippen molar-refractivity contribution in [3.63, 3.8) is 0 Å². The SMILES string of the molecule is Cc1ncc(CO)c(CN2CCc3[nH]cnc3C2c2cccnc2)c1O. The number of fused-ring (bicyclic) bond motifs is 1. The summed E-state index contributed by atoms with van der Waals surface area (Å²) in [6.45, 7) is 2.91. The molecule has 1 aliphatic heterocycles. The summed E-state index contributed by atoms with van der Waals surface area (Å²) in [4.78, 5) is 18.4. The van der Waals surface area contributed by atoms with Crippen LogP contribution in [0.15, 0.2) is 37.1 Å². The molecule has 4 heterocycles. The molecule has 0 fully saturated rings. The topological polar surface area (TPSA) is 98.2 Å². The van der Waals surface area contributed by atoms with Crippen molar-refractivity contribution in [2.24, 2.45) is 0 Å². The molecule has 0 bridgehead atoms. The third kappa shape index (κ3) is 2.85. The second-order valence-corrected chi connectivity index (χ2v) is 6.53. The van der Waals surface area contributed by atoms with Crippen molar-refractivity contribution < 1.29 is 10.2 Å². The maximum atomic E-state index is 10.5. The molecule has 7 nitrogen and oxygen atoms in total. The molecule has 7 heteroatoms. The molecule has 3 N–H and O–H groups in total. The van der Waals surface area contributed by atoms with Crippen LogP contribution in [0.2, 0.25) is 0 Å². The van der Waals surface area contributed by atoms with Gasteiger partial charge in [-0.2, -0.15) is 0 Å². The van der Waals surface area contributed by atoms with E-state index in [0.717, 1.165) is 29.9 Å². The maximum Gasteiger partial charge on any atom is 0.141 e. The molecule has 0 saturated heterocycles. The van der Waals surface area contributed by atoms with Gasteiger partial charge in [-0.3, -0.25) is 14.9 Å². The minimum atomic E-state index is -0.158. The summed E-state index contributed by atoms with van der Waals surface area (Å²) in [7, 11) is 0. The first-order valence-electron chi connectivity index (χ1n) is 8.62. The van der Waals surface area contributed by atoms with Gasteiger partial charge in [-0.25, -0.2) is 4.98 Å². The van der Waals surface area contributed by atoms with Crippen molar-refractivity contribution in [3.8, 4) is 5.75 Å². The molecule has 4 rings (SSSR count). The Balaban J connectivity index is 1.76. The summed E-state index contributed by atoms with van der Waals surface area (Å²) in [5.74, 6) is 0.148. The molecule has 1 aliphatic rings. The lowest BCUT2D eigenvalue weighted by molar-refractivity contribution is 0.194. The van der Waals surface area contributed by atoms with Gasteiger partial charge in [-0.1, -0.05) is 6.07 Å². The Bertz CT molecular complexity index is 910. The van der Waals surface area contributed by atoms with Crippen molar-refractivity contribution in [1.29, 1.82) is 0 Å². The van der Waals surface area contributed by atoms with Crippen LogP contribution in [0, 0.1) is 6.92 Å². The highest BCUT2D eigenvalue weighted by Gasteiger charge is 2.32. The van der Waals surface area contributed by atoms with Crippen LogP contribution in [0.4, 0.5) is 0 Å². The number of hydrogen-bond acceptors (Lipinski definition) is 6. The minimum Gasteiger partial charge on any atom is -0.506 e. The number of nitrogens with one attached hydrogen (secondary N) is 1. The Labute approximate surface area is 151 Å². The summed E-state index contributed by atoms with van der Waals surface area (Å²) in [5, 5.41) is 20.2. The third-order valence-electron chi connectivity index (χ3n) is 4.99. The molecule has 0 amide bonds. The van der Waals surface area contributed by atoms with E-state index in [1.54, 1.807) is 25.6 Å². The molecular formula is C19H21N5O2. The van der Waals surface area contributed by atoms with Crippen LogP contribution in [0.3, 0.4) is 0 Å². The van der Waals surface area contributed by atoms with Gasteiger partial charge >= 0.3 is 0 Å². The highest BCUT2D eigenvalue weighted by Crippen LogP contribution is 2.36. The highest BCUT2D eigenvalue weighted by atomic mass is 16.3. The predicted molar refractivity (Wildman–Crippen MR) is 95.3 cm³/mol. The van der Waals surface area contributed by atoms with E-state index in [0.29, 0.717) is 23.4 Å². The summed E-state index contributed by atoms with van der Waals surface area (Å²) < 4.78 is 0. The molecule has 0 radical (unpaired) electrons. The zero-order chi connectivity index (χ0) is 18.1. The van der Waals surface area contributed by atoms with Gasteiger partial charge in [-0.05, 0) is 18.6 Å². The predicted octanol–water partition coefficient (Wildman–Crippen LogP) is 1.85. The molecule has 0 spiro atoms. The zero-order valence-electron chi connectivity index (χ0n) is 14.6. The second kappa shape index (κ2) is 6.86. The summed E-state index contributed by atoms with van der Waals surface area (Å²) >= 11 is 0. The van der Waals surface area contributed by atoms with Gasteiger partial charge in [0, 0.05) is 54.9 Å². The van der Waals surface area contributed by atoms with E-state index in [2.05, 4.69) is 24.8 Å². The summed E-state index contributed by atoms with van der Waals surface area (Å²) in [5.41, 5.74) is 5.09. The Morgan fingerprint density at radius 2 is 2.19 bits per heavy atom. The molecular weight excluding hydrogens is 330 g/mol. The van der Waals surface area contributed by atoms with E-state index in [1.165, 1.54) is 0 Å². The van der Waals surface area contributed by atoms with E-state index < -0.39 is 0 Å². The van der Waals surface area contributed by atoms with E-state index in [-0.39, 0.29) is 18.4 Å². The van der Waals surface area contributed by atoms with Gasteiger partial charge in [-0.15, -0.1) is 0 Å². The van der Waals surface area contributed by atoms with Crippen LogP contribution >= 0.6 is 0 Å². The molecule has 3 aromatic rings. The number of aromatic hydroxyl groups is 1. The number of aromatic nitrogens is 4. The number of rotatable bonds is 4. The molecule has 1 unspecified atom stereocenters. The number of aliphatic hydroxyl groups excluding tert-OH is 1. The molecule has 134 valence electrons.